The number of esters is 1. The summed E-state index contributed by atoms with van der Waals surface area (Å²) in [6.45, 7) is -0.620. The van der Waals surface area contributed by atoms with E-state index in [0.29, 0.717) is 0 Å². The molecular weight excluding hydrogens is 489 g/mol. The van der Waals surface area contributed by atoms with Gasteiger partial charge in [0.05, 0.1) is 5.56 Å². The van der Waals surface area contributed by atoms with E-state index in [1.54, 1.807) is 18.2 Å². The van der Waals surface area contributed by atoms with E-state index in [9.17, 15) is 27.4 Å². The van der Waals surface area contributed by atoms with Crippen LogP contribution in [0, 0.1) is 0 Å². The van der Waals surface area contributed by atoms with Gasteiger partial charge in [-0.25, -0.2) is 14.1 Å². The Kier molecular flexibility index (Phi) is 8.93. The molecule has 4 N–H and O–H groups in total. The van der Waals surface area contributed by atoms with Gasteiger partial charge in [-0.2, -0.15) is 8.42 Å². The summed E-state index contributed by atoms with van der Waals surface area (Å²) in [6.07, 6.45) is 0. The molecule has 0 spiro atoms. The van der Waals surface area contributed by atoms with Crippen molar-refractivity contribution in [3.63, 3.8) is 0 Å². The molecule has 2 amide bonds. The van der Waals surface area contributed by atoms with Crippen molar-refractivity contribution in [2.45, 2.75) is 12.1 Å². The van der Waals surface area contributed by atoms with E-state index >= 15 is 0 Å². The molecule has 16 heteroatoms. The number of aromatic nitrogens is 1. The summed E-state index contributed by atoms with van der Waals surface area (Å²) in [6, 6.07) is 4.99. The van der Waals surface area contributed by atoms with Gasteiger partial charge in [0.2, 0.25) is 0 Å². The van der Waals surface area contributed by atoms with Crippen molar-refractivity contribution in [3.8, 4) is 0 Å². The van der Waals surface area contributed by atoms with Crippen LogP contribution in [0.4, 0.5) is 5.13 Å². The third kappa shape index (κ3) is 6.07. The molecule has 1 aliphatic rings. The van der Waals surface area contributed by atoms with E-state index < -0.39 is 46.8 Å². The average molecular weight is 507 g/mol. The van der Waals surface area contributed by atoms with Gasteiger partial charge in [0.1, 0.15) is 31.5 Å². The van der Waals surface area contributed by atoms with E-state index in [-0.39, 0.29) is 57.4 Å². The Morgan fingerprint density at radius 3 is 2.58 bits per heavy atom. The zero-order valence-electron chi connectivity index (χ0n) is 18.4. The number of nitrogen functional groups attached to an aromatic ring is 1. The first-order valence-electron chi connectivity index (χ1n) is 8.79. The van der Waals surface area contributed by atoms with Crippen molar-refractivity contribution < 1.29 is 67.9 Å². The van der Waals surface area contributed by atoms with Crippen LogP contribution in [0.15, 0.2) is 40.9 Å². The largest absolute Gasteiger partial charge is 1.00 e. The maximum absolute atomic E-state index is 12.7. The second-order valence-electron chi connectivity index (χ2n) is 6.29. The van der Waals surface area contributed by atoms with Crippen molar-refractivity contribution in [1.29, 1.82) is 0 Å². The number of benzene rings is 1. The Labute approximate surface area is 215 Å². The van der Waals surface area contributed by atoms with Gasteiger partial charge in [-0.15, -0.1) is 11.3 Å². The Morgan fingerprint density at radius 2 is 2.03 bits per heavy atom. The van der Waals surface area contributed by atoms with E-state index in [0.717, 1.165) is 11.3 Å². The summed E-state index contributed by atoms with van der Waals surface area (Å²) in [5.74, 6) is -2.84. The van der Waals surface area contributed by atoms with Gasteiger partial charge in [-0.3, -0.25) is 14.1 Å². The molecule has 2 aromatic rings. The molecule has 0 radical (unpaired) electrons. The van der Waals surface area contributed by atoms with Gasteiger partial charge in [0, 0.05) is 5.38 Å². The number of hydrogen-bond acceptors (Lipinski definition) is 11. The van der Waals surface area contributed by atoms with E-state index in [4.69, 9.17) is 10.5 Å². The molecule has 1 aliphatic heterocycles. The monoisotopic (exact) mass is 507 g/mol. The summed E-state index contributed by atoms with van der Waals surface area (Å²) in [7, 11) is -3.78. The fourth-order valence-corrected chi connectivity index (χ4v) is 4.26. The molecule has 2 atom stereocenters. The maximum atomic E-state index is 12.7. The minimum Gasteiger partial charge on any atom is -1.00 e. The second-order valence-corrected chi connectivity index (χ2v) is 8.47. The molecule has 33 heavy (non-hydrogen) atoms. The molecule has 172 valence electrons. The smallest absolute Gasteiger partial charge is 1.00 e. The van der Waals surface area contributed by atoms with Crippen molar-refractivity contribution in [2.75, 3.05) is 19.5 Å². The van der Waals surface area contributed by atoms with Gasteiger partial charge in [-0.1, -0.05) is 23.4 Å². The fourth-order valence-electron chi connectivity index (χ4n) is 2.85. The predicted octanol–water partition coefficient (Wildman–Crippen LogP) is -3.45. The minimum absolute atomic E-state index is 0. The first-order valence-corrected chi connectivity index (χ1v) is 11.1. The van der Waals surface area contributed by atoms with E-state index in [1.807, 2.05) is 0 Å². The number of nitrogens with two attached hydrogens (primary N) is 1. The molecule has 1 aromatic heterocycles. The van der Waals surface area contributed by atoms with Crippen LogP contribution in [0.5, 0.6) is 0 Å². The van der Waals surface area contributed by atoms with Crippen LogP contribution < -0.4 is 40.6 Å². The van der Waals surface area contributed by atoms with Gasteiger partial charge >= 0.3 is 45.8 Å². The van der Waals surface area contributed by atoms with Crippen LogP contribution in [0.2, 0.25) is 0 Å². The number of rotatable bonds is 8. The number of β-lactam (4-membered cyclic amide) rings is 1. The number of hydrogen-bond donors (Lipinski definition) is 3. The van der Waals surface area contributed by atoms with Crippen LogP contribution >= 0.6 is 11.3 Å². The normalized spacial score (nSPS) is 18.1. The Bertz CT molecular complexity index is 1180. The van der Waals surface area contributed by atoms with Gasteiger partial charge in [0.25, 0.3) is 11.8 Å². The summed E-state index contributed by atoms with van der Waals surface area (Å²) >= 11 is 1.03. The summed E-state index contributed by atoms with van der Waals surface area (Å²) < 4.78 is 37.7. The van der Waals surface area contributed by atoms with Crippen molar-refractivity contribution >= 4 is 50.3 Å². The zero-order chi connectivity index (χ0) is 23.5. The van der Waals surface area contributed by atoms with Crippen molar-refractivity contribution in [3.05, 3.63) is 47.0 Å². The van der Waals surface area contributed by atoms with Gasteiger partial charge in [-0.05, 0) is 12.1 Å². The number of nitrogens with one attached hydrogen (secondary N) is 1. The van der Waals surface area contributed by atoms with Crippen LogP contribution in [-0.4, -0.2) is 71.6 Å². The van der Waals surface area contributed by atoms with Crippen molar-refractivity contribution in [2.24, 2.45) is 5.16 Å². The second kappa shape index (κ2) is 11.0. The Morgan fingerprint density at radius 1 is 1.36 bits per heavy atom. The van der Waals surface area contributed by atoms with Crippen LogP contribution in [-0.2, 0) is 29.5 Å². The molecular formula is C17H18N5NaO8S2. The number of oxime groups is 1. The molecule has 2 unspecified atom stereocenters. The zero-order valence-corrected chi connectivity index (χ0v) is 21.0. The van der Waals surface area contributed by atoms with Gasteiger partial charge in [0.15, 0.2) is 10.8 Å². The maximum Gasteiger partial charge on any atom is 1.00 e. The first-order chi connectivity index (χ1) is 15.1. The number of thiazole rings is 1. The molecule has 0 saturated carbocycles. The van der Waals surface area contributed by atoms with E-state index in [2.05, 4.69) is 20.3 Å². The topological polar surface area (TPSA) is 191 Å². The third-order valence-corrected chi connectivity index (χ3v) is 5.88. The molecule has 3 rings (SSSR count). The van der Waals surface area contributed by atoms with Crippen LogP contribution in [0.1, 0.15) is 17.5 Å². The fraction of sp³-hybridized carbons (Fsp3) is 0.235. The quantitative estimate of drug-likeness (QED) is 0.0808. The molecule has 13 nitrogen and oxygen atoms in total. The van der Waals surface area contributed by atoms with Crippen LogP contribution in [0.3, 0.4) is 0 Å². The molecule has 0 bridgehead atoms. The molecule has 1 fully saturated rings. The Hall–Kier alpha value is -2.56. The minimum atomic E-state index is -4.97. The standard InChI is InChI=1S/C17H17N5O8S2.Na.H/c1-29-21-12(10-8-31-17(18)19-10)14(23)20-13-11(22(15(13)24)32(26,27)28)7-30-16(25)9-5-3-2-4-6-9;;/h2-6,8,11,13H,7H2,1H3,(H2,18,19)(H,20,23)(H,26,27,28);;/q;+1;-1/b21-12-;;. The SMILES string of the molecule is CO/N=C(\C(=O)NC1C(=O)N(S(=O)(=O)O)C1COC(=O)c1ccccc1)c1csc(N)n1.[H-].[Na+]. The third-order valence-electron chi connectivity index (χ3n) is 4.26. The molecule has 1 saturated heterocycles. The number of carbonyl (C=O) groups excluding carboxylic acids is 3. The van der Waals surface area contributed by atoms with Crippen LogP contribution in [0.25, 0.3) is 0 Å². The summed E-state index contributed by atoms with van der Waals surface area (Å²) in [5.41, 5.74) is 5.49. The van der Waals surface area contributed by atoms with E-state index in [1.165, 1.54) is 24.6 Å². The number of nitrogens with zero attached hydrogens (tertiary/aromatic N) is 3. The van der Waals surface area contributed by atoms with Crippen molar-refractivity contribution in [1.82, 2.24) is 14.6 Å². The number of ether oxygens (including phenoxy) is 1. The predicted molar refractivity (Wildman–Crippen MR) is 112 cm³/mol. The molecule has 1 aromatic carbocycles. The van der Waals surface area contributed by atoms with Gasteiger partial charge < -0.3 is 22.1 Å². The summed E-state index contributed by atoms with van der Waals surface area (Å²) in [5, 5.41) is 7.44. The molecule has 0 aliphatic carbocycles. The molecule has 2 heterocycles. The first kappa shape index (κ1) is 26.7. The summed E-state index contributed by atoms with van der Waals surface area (Å²) in [4.78, 5) is 45.7. The average Bonchev–Trinajstić information content (AvgIpc) is 3.17. The number of anilines is 1. The number of carbonyl (C=O) groups is 3. The Balaban J connectivity index is 0.00000289. The number of amides is 2.